The maximum absolute atomic E-state index is 13.4. The molecule has 2 rings (SSSR count). The number of aryl methyl sites for hydroxylation is 1. The first-order valence-electron chi connectivity index (χ1n) is 6.12. The van der Waals surface area contributed by atoms with Crippen LogP contribution in [0.25, 0.3) is 11.3 Å². The third-order valence-corrected chi connectivity index (χ3v) is 3.07. The van der Waals surface area contributed by atoms with Crippen LogP contribution in [0.4, 0.5) is 10.2 Å². The van der Waals surface area contributed by atoms with Gasteiger partial charge in [-0.15, -0.1) is 0 Å². The Morgan fingerprint density at radius 2 is 1.89 bits per heavy atom. The van der Waals surface area contributed by atoms with Gasteiger partial charge in [0.1, 0.15) is 17.3 Å². The van der Waals surface area contributed by atoms with Crippen molar-refractivity contribution < 1.29 is 4.39 Å². The van der Waals surface area contributed by atoms with Gasteiger partial charge in [0.15, 0.2) is 5.82 Å². The molecule has 0 radical (unpaired) electrons. The molecule has 1 heterocycles. The average Bonchev–Trinajstić information content (AvgIpc) is 2.59. The number of rotatable bonds is 1. The molecule has 0 fully saturated rings. The van der Waals surface area contributed by atoms with Crippen LogP contribution in [0.1, 0.15) is 32.2 Å². The standard InChI is InChI=1S/C14H19FN4/c1-8-5-6-9(15)7-10(8)11-12(16)19(17)13(18-11)14(2,3)4/h5-7H,16-17H2,1-4H3. The molecule has 2 aromatic rings. The summed E-state index contributed by atoms with van der Waals surface area (Å²) in [6, 6.07) is 4.55. The van der Waals surface area contributed by atoms with Gasteiger partial charge >= 0.3 is 0 Å². The van der Waals surface area contributed by atoms with Crippen molar-refractivity contribution in [2.45, 2.75) is 33.1 Å². The molecule has 0 spiro atoms. The van der Waals surface area contributed by atoms with Crippen LogP contribution in [-0.2, 0) is 5.41 Å². The maximum atomic E-state index is 13.4. The fraction of sp³-hybridized carbons (Fsp3) is 0.357. The fourth-order valence-electron chi connectivity index (χ4n) is 2.02. The third kappa shape index (κ3) is 2.28. The lowest BCUT2D eigenvalue weighted by Crippen LogP contribution is -2.24. The number of anilines is 1. The van der Waals surface area contributed by atoms with Crippen LogP contribution in [0.2, 0.25) is 0 Å². The van der Waals surface area contributed by atoms with E-state index in [1.165, 1.54) is 16.8 Å². The van der Waals surface area contributed by atoms with E-state index in [4.69, 9.17) is 11.6 Å². The van der Waals surface area contributed by atoms with Crippen LogP contribution in [0.5, 0.6) is 0 Å². The Morgan fingerprint density at radius 3 is 2.42 bits per heavy atom. The predicted octanol–water partition coefficient (Wildman–Crippen LogP) is 2.59. The molecule has 0 unspecified atom stereocenters. The van der Waals surface area contributed by atoms with E-state index in [-0.39, 0.29) is 11.2 Å². The summed E-state index contributed by atoms with van der Waals surface area (Å²) in [4.78, 5) is 4.50. The highest BCUT2D eigenvalue weighted by atomic mass is 19.1. The van der Waals surface area contributed by atoms with Crippen molar-refractivity contribution in [1.82, 2.24) is 9.66 Å². The van der Waals surface area contributed by atoms with Crippen LogP contribution in [0.15, 0.2) is 18.2 Å². The molecular weight excluding hydrogens is 243 g/mol. The molecule has 0 saturated heterocycles. The van der Waals surface area contributed by atoms with Gasteiger partial charge in [0.05, 0.1) is 0 Å². The number of nitrogen functional groups attached to an aromatic ring is 2. The second kappa shape index (κ2) is 4.26. The Kier molecular flexibility index (Phi) is 3.00. The second-order valence-corrected chi connectivity index (χ2v) is 5.75. The minimum absolute atomic E-state index is 0.234. The number of aromatic nitrogens is 2. The van der Waals surface area contributed by atoms with E-state index in [0.717, 1.165) is 5.56 Å². The molecule has 0 aliphatic carbocycles. The molecular formula is C14H19FN4. The van der Waals surface area contributed by atoms with E-state index in [0.29, 0.717) is 22.9 Å². The Hall–Kier alpha value is -2.04. The maximum Gasteiger partial charge on any atom is 0.150 e. The number of benzene rings is 1. The molecule has 4 N–H and O–H groups in total. The van der Waals surface area contributed by atoms with E-state index in [1.807, 2.05) is 27.7 Å². The van der Waals surface area contributed by atoms with Gasteiger partial charge in [0.25, 0.3) is 0 Å². The lowest BCUT2D eigenvalue weighted by atomic mass is 9.96. The first-order chi connectivity index (χ1) is 8.71. The van der Waals surface area contributed by atoms with Gasteiger partial charge in [0, 0.05) is 11.0 Å². The van der Waals surface area contributed by atoms with Crippen LogP contribution in [-0.4, -0.2) is 9.66 Å². The Bertz CT molecular complexity index is 623. The molecule has 0 amide bonds. The topological polar surface area (TPSA) is 69.9 Å². The van der Waals surface area contributed by atoms with Gasteiger partial charge in [-0.3, -0.25) is 0 Å². The smallest absolute Gasteiger partial charge is 0.150 e. The minimum atomic E-state index is -0.316. The van der Waals surface area contributed by atoms with Crippen molar-refractivity contribution in [3.63, 3.8) is 0 Å². The summed E-state index contributed by atoms with van der Waals surface area (Å²) in [5.74, 6) is 6.65. The zero-order chi connectivity index (χ0) is 14.4. The van der Waals surface area contributed by atoms with Crippen molar-refractivity contribution in [2.24, 2.45) is 0 Å². The highest BCUT2D eigenvalue weighted by molar-refractivity contribution is 5.74. The van der Waals surface area contributed by atoms with Crippen LogP contribution in [0, 0.1) is 12.7 Å². The number of hydrogen-bond acceptors (Lipinski definition) is 3. The van der Waals surface area contributed by atoms with Gasteiger partial charge in [0.2, 0.25) is 0 Å². The van der Waals surface area contributed by atoms with Gasteiger partial charge in [-0.25, -0.2) is 14.1 Å². The third-order valence-electron chi connectivity index (χ3n) is 3.07. The summed E-state index contributed by atoms with van der Waals surface area (Å²) in [7, 11) is 0. The lowest BCUT2D eigenvalue weighted by Gasteiger charge is -2.17. The van der Waals surface area contributed by atoms with Crippen LogP contribution >= 0.6 is 0 Å². The van der Waals surface area contributed by atoms with E-state index in [1.54, 1.807) is 6.07 Å². The molecule has 0 atom stereocenters. The predicted molar refractivity (Wildman–Crippen MR) is 75.6 cm³/mol. The molecule has 0 aliphatic rings. The van der Waals surface area contributed by atoms with Crippen LogP contribution < -0.4 is 11.6 Å². The van der Waals surface area contributed by atoms with Crippen LogP contribution in [0.3, 0.4) is 0 Å². The zero-order valence-electron chi connectivity index (χ0n) is 11.7. The molecule has 102 valence electrons. The molecule has 19 heavy (non-hydrogen) atoms. The van der Waals surface area contributed by atoms with Crippen molar-refractivity contribution in [2.75, 3.05) is 11.6 Å². The summed E-state index contributed by atoms with van der Waals surface area (Å²) in [6.07, 6.45) is 0. The van der Waals surface area contributed by atoms with E-state index >= 15 is 0 Å². The summed E-state index contributed by atoms with van der Waals surface area (Å²) >= 11 is 0. The van der Waals surface area contributed by atoms with Gasteiger partial charge < -0.3 is 11.6 Å². The number of hydrogen-bond donors (Lipinski definition) is 2. The van der Waals surface area contributed by atoms with E-state index < -0.39 is 0 Å². The lowest BCUT2D eigenvalue weighted by molar-refractivity contribution is 0.532. The molecule has 1 aromatic carbocycles. The minimum Gasteiger partial charge on any atom is -0.382 e. The zero-order valence-corrected chi connectivity index (χ0v) is 11.7. The average molecular weight is 262 g/mol. The normalized spacial score (nSPS) is 11.8. The number of halogens is 1. The summed E-state index contributed by atoms with van der Waals surface area (Å²) in [5, 5.41) is 0. The Morgan fingerprint density at radius 1 is 1.26 bits per heavy atom. The molecule has 1 aromatic heterocycles. The van der Waals surface area contributed by atoms with Crippen molar-refractivity contribution >= 4 is 5.82 Å². The summed E-state index contributed by atoms with van der Waals surface area (Å²) in [6.45, 7) is 7.89. The second-order valence-electron chi connectivity index (χ2n) is 5.75. The first-order valence-corrected chi connectivity index (χ1v) is 6.12. The van der Waals surface area contributed by atoms with Gasteiger partial charge in [-0.2, -0.15) is 0 Å². The largest absolute Gasteiger partial charge is 0.382 e. The Labute approximate surface area is 112 Å². The molecule has 0 bridgehead atoms. The first kappa shape index (κ1) is 13.4. The number of imidazole rings is 1. The quantitative estimate of drug-likeness (QED) is 0.776. The highest BCUT2D eigenvalue weighted by Gasteiger charge is 2.25. The molecule has 0 saturated carbocycles. The SMILES string of the molecule is Cc1ccc(F)cc1-c1nc(C(C)(C)C)n(N)c1N. The number of nitrogens with zero attached hydrogens (tertiary/aromatic N) is 2. The fourth-order valence-corrected chi connectivity index (χ4v) is 2.02. The molecule has 5 heteroatoms. The highest BCUT2D eigenvalue weighted by Crippen LogP contribution is 2.32. The monoisotopic (exact) mass is 262 g/mol. The molecule has 0 aliphatic heterocycles. The van der Waals surface area contributed by atoms with Gasteiger partial charge in [-0.05, 0) is 24.6 Å². The van der Waals surface area contributed by atoms with Crippen molar-refractivity contribution in [1.29, 1.82) is 0 Å². The van der Waals surface area contributed by atoms with E-state index in [2.05, 4.69) is 4.98 Å². The number of nitrogens with two attached hydrogens (primary N) is 2. The van der Waals surface area contributed by atoms with Gasteiger partial charge in [-0.1, -0.05) is 26.8 Å². The van der Waals surface area contributed by atoms with E-state index in [9.17, 15) is 4.39 Å². The van der Waals surface area contributed by atoms with Crippen molar-refractivity contribution in [3.05, 3.63) is 35.4 Å². The summed E-state index contributed by atoms with van der Waals surface area (Å²) in [5.41, 5.74) is 7.88. The Balaban J connectivity index is 2.67. The molecule has 4 nitrogen and oxygen atoms in total. The van der Waals surface area contributed by atoms with Crippen molar-refractivity contribution in [3.8, 4) is 11.3 Å². The summed E-state index contributed by atoms with van der Waals surface area (Å²) < 4.78 is 14.8.